The third kappa shape index (κ3) is 3.00. The Bertz CT molecular complexity index is 467. The molecule has 2 N–H and O–H groups in total. The van der Waals surface area contributed by atoms with Crippen LogP contribution in [0.4, 0.5) is 0 Å². The molecule has 1 aromatic rings. The lowest BCUT2D eigenvalue weighted by Crippen LogP contribution is -2.38. The first kappa shape index (κ1) is 12.6. The average molecular weight is 314 g/mol. The van der Waals surface area contributed by atoms with Crippen LogP contribution in [-0.2, 0) is 14.8 Å². The lowest BCUT2D eigenvalue weighted by atomic mass is 10.4. The van der Waals surface area contributed by atoms with Crippen LogP contribution in [0.1, 0.15) is 6.92 Å². The fraction of sp³-hybridized carbons (Fsp3) is 0.286. The van der Waals surface area contributed by atoms with E-state index in [0.717, 1.165) is 11.3 Å². The first-order valence-corrected chi connectivity index (χ1v) is 6.98. The molecule has 1 atom stereocenters. The minimum atomic E-state index is -3.75. The van der Waals surface area contributed by atoms with E-state index in [4.69, 9.17) is 5.11 Å². The van der Waals surface area contributed by atoms with Gasteiger partial charge < -0.3 is 5.11 Å². The molecule has 0 radical (unpaired) electrons. The number of carboxylic acids is 1. The van der Waals surface area contributed by atoms with Crippen LogP contribution < -0.4 is 4.72 Å². The van der Waals surface area contributed by atoms with Crippen molar-refractivity contribution in [2.45, 2.75) is 17.2 Å². The quantitative estimate of drug-likeness (QED) is 0.876. The Morgan fingerprint density at radius 3 is 2.67 bits per heavy atom. The van der Waals surface area contributed by atoms with E-state index in [-0.39, 0.29) is 4.21 Å². The summed E-state index contributed by atoms with van der Waals surface area (Å²) in [5, 5.41) is 10.2. The summed E-state index contributed by atoms with van der Waals surface area (Å²) in [5.74, 6) is -1.22. The zero-order valence-corrected chi connectivity index (χ0v) is 10.8. The molecule has 0 amide bonds. The largest absolute Gasteiger partial charge is 0.480 e. The van der Waals surface area contributed by atoms with Gasteiger partial charge in [0, 0.05) is 4.47 Å². The van der Waals surface area contributed by atoms with E-state index in [0.29, 0.717) is 4.47 Å². The zero-order valence-electron chi connectivity index (χ0n) is 7.60. The predicted octanol–water partition coefficient (Wildman–Crippen LogP) is 1.26. The summed E-state index contributed by atoms with van der Waals surface area (Å²) in [4.78, 5) is 10.5. The summed E-state index contributed by atoms with van der Waals surface area (Å²) in [6.45, 7) is 1.27. The fourth-order valence-corrected chi connectivity index (χ4v) is 4.36. The smallest absolute Gasteiger partial charge is 0.321 e. The Hall–Kier alpha value is -0.440. The van der Waals surface area contributed by atoms with Crippen LogP contribution in [0, 0.1) is 0 Å². The average Bonchev–Trinajstić information content (AvgIpc) is 2.50. The van der Waals surface area contributed by atoms with Crippen LogP contribution in [-0.4, -0.2) is 25.5 Å². The highest BCUT2D eigenvalue weighted by Crippen LogP contribution is 2.27. The normalized spacial score (nSPS) is 13.7. The minimum absolute atomic E-state index is 0.0793. The highest BCUT2D eigenvalue weighted by Gasteiger charge is 2.24. The summed E-state index contributed by atoms with van der Waals surface area (Å²) in [6, 6.07) is 0.439. The molecule has 1 rings (SSSR count). The van der Waals surface area contributed by atoms with Crippen LogP contribution in [0.25, 0.3) is 0 Å². The number of hydrogen-bond donors (Lipinski definition) is 2. The first-order chi connectivity index (χ1) is 6.84. The monoisotopic (exact) mass is 313 g/mol. The summed E-state index contributed by atoms with van der Waals surface area (Å²) < 4.78 is 25.8. The number of thiophene rings is 1. The van der Waals surface area contributed by atoms with Gasteiger partial charge >= 0.3 is 5.97 Å². The van der Waals surface area contributed by atoms with Crippen molar-refractivity contribution < 1.29 is 18.3 Å². The van der Waals surface area contributed by atoms with E-state index in [1.54, 1.807) is 11.4 Å². The fourth-order valence-electron chi connectivity index (χ4n) is 0.808. The molecular weight excluding hydrogens is 306 g/mol. The minimum Gasteiger partial charge on any atom is -0.480 e. The zero-order chi connectivity index (χ0) is 11.6. The van der Waals surface area contributed by atoms with Crippen molar-refractivity contribution in [2.75, 3.05) is 0 Å². The van der Waals surface area contributed by atoms with E-state index in [9.17, 15) is 13.2 Å². The molecule has 0 aromatic carbocycles. The Labute approximate surface area is 99.3 Å². The van der Waals surface area contributed by atoms with Crippen molar-refractivity contribution in [1.82, 2.24) is 4.72 Å². The molecule has 84 valence electrons. The maximum absolute atomic E-state index is 11.6. The summed E-state index contributed by atoms with van der Waals surface area (Å²) in [5.41, 5.74) is 0. The lowest BCUT2D eigenvalue weighted by molar-refractivity contribution is -0.138. The molecule has 0 fully saturated rings. The van der Waals surface area contributed by atoms with Crippen LogP contribution in [0.5, 0.6) is 0 Å². The van der Waals surface area contributed by atoms with E-state index in [2.05, 4.69) is 20.7 Å². The number of sulfonamides is 1. The van der Waals surface area contributed by atoms with Gasteiger partial charge in [0.1, 0.15) is 10.3 Å². The van der Waals surface area contributed by atoms with E-state index >= 15 is 0 Å². The van der Waals surface area contributed by atoms with Gasteiger partial charge in [0.2, 0.25) is 0 Å². The maximum Gasteiger partial charge on any atom is 0.321 e. The van der Waals surface area contributed by atoms with Gasteiger partial charge in [-0.25, -0.2) is 8.42 Å². The highest BCUT2D eigenvalue weighted by atomic mass is 79.9. The summed E-state index contributed by atoms with van der Waals surface area (Å²) in [6.07, 6.45) is 0. The number of aliphatic carboxylic acids is 1. The van der Waals surface area contributed by atoms with Gasteiger partial charge in [-0.15, -0.1) is 11.3 Å². The number of halogens is 1. The molecule has 0 unspecified atom stereocenters. The molecule has 0 aliphatic heterocycles. The van der Waals surface area contributed by atoms with Gasteiger partial charge in [-0.1, -0.05) is 0 Å². The number of rotatable bonds is 4. The second-order valence-corrected chi connectivity index (χ2v) is 6.42. The van der Waals surface area contributed by atoms with E-state index < -0.39 is 22.0 Å². The predicted molar refractivity (Wildman–Crippen MR) is 59.4 cm³/mol. The van der Waals surface area contributed by atoms with Gasteiger partial charge in [0.25, 0.3) is 10.0 Å². The van der Waals surface area contributed by atoms with Gasteiger partial charge in [-0.3, -0.25) is 4.79 Å². The highest BCUT2D eigenvalue weighted by molar-refractivity contribution is 9.10. The molecule has 1 aromatic heterocycles. The number of hydrogen-bond acceptors (Lipinski definition) is 4. The Kier molecular flexibility index (Phi) is 3.87. The third-order valence-electron chi connectivity index (χ3n) is 1.53. The topological polar surface area (TPSA) is 83.5 Å². The van der Waals surface area contributed by atoms with Crippen LogP contribution in [0.3, 0.4) is 0 Å². The van der Waals surface area contributed by atoms with Crippen molar-refractivity contribution >= 4 is 43.3 Å². The molecule has 0 aliphatic carbocycles. The van der Waals surface area contributed by atoms with Gasteiger partial charge in [0.05, 0.1) is 0 Å². The molecule has 0 saturated carbocycles. The Morgan fingerprint density at radius 2 is 2.27 bits per heavy atom. The van der Waals surface area contributed by atoms with Gasteiger partial charge in [-0.2, -0.15) is 4.72 Å². The standard InChI is InChI=1S/C7H8BrNO4S2/c1-4(6(10)11)9-15(12,13)7-5(8)2-3-14-7/h2-4,9H,1H3,(H,10,11)/t4-/m0/s1. The van der Waals surface area contributed by atoms with Crippen LogP contribution >= 0.6 is 27.3 Å². The lowest BCUT2D eigenvalue weighted by Gasteiger charge is -2.08. The van der Waals surface area contributed by atoms with Crippen molar-refractivity contribution in [3.05, 3.63) is 15.9 Å². The molecule has 0 saturated heterocycles. The molecular formula is C7H8BrNO4S2. The molecule has 5 nitrogen and oxygen atoms in total. The summed E-state index contributed by atoms with van der Waals surface area (Å²) >= 11 is 4.09. The van der Waals surface area contributed by atoms with Gasteiger partial charge in [0.15, 0.2) is 0 Å². The van der Waals surface area contributed by atoms with Crippen molar-refractivity contribution in [3.8, 4) is 0 Å². The molecule has 0 spiro atoms. The SMILES string of the molecule is C[C@H](NS(=O)(=O)c1sccc1Br)C(=O)O. The molecule has 1 heterocycles. The van der Waals surface area contributed by atoms with Gasteiger partial charge in [-0.05, 0) is 34.3 Å². The van der Waals surface area contributed by atoms with Crippen LogP contribution in [0.2, 0.25) is 0 Å². The Morgan fingerprint density at radius 1 is 1.67 bits per heavy atom. The Balaban J connectivity index is 2.96. The molecule has 15 heavy (non-hydrogen) atoms. The second kappa shape index (κ2) is 4.60. The maximum atomic E-state index is 11.6. The molecule has 8 heteroatoms. The van der Waals surface area contributed by atoms with Crippen molar-refractivity contribution in [2.24, 2.45) is 0 Å². The van der Waals surface area contributed by atoms with Crippen molar-refractivity contribution in [1.29, 1.82) is 0 Å². The molecule has 0 aliphatic rings. The van der Waals surface area contributed by atoms with E-state index in [1.165, 1.54) is 6.92 Å². The summed E-state index contributed by atoms with van der Waals surface area (Å²) in [7, 11) is -3.75. The number of carboxylic acid groups (broad SMARTS) is 1. The molecule has 0 bridgehead atoms. The van der Waals surface area contributed by atoms with Crippen molar-refractivity contribution in [3.63, 3.8) is 0 Å². The first-order valence-electron chi connectivity index (χ1n) is 3.82. The van der Waals surface area contributed by atoms with E-state index in [1.807, 2.05) is 0 Å². The second-order valence-electron chi connectivity index (χ2n) is 2.74. The number of nitrogens with one attached hydrogen (secondary N) is 1. The number of carbonyl (C=O) groups is 1. The van der Waals surface area contributed by atoms with Crippen LogP contribution in [0.15, 0.2) is 20.1 Å². The third-order valence-corrected chi connectivity index (χ3v) is 5.74.